The average Bonchev–Trinajstić information content (AvgIpc) is 3.21. The van der Waals surface area contributed by atoms with E-state index in [0.29, 0.717) is 16.6 Å². The number of fused-ring (bicyclic) bond motifs is 2. The molecule has 0 bridgehead atoms. The smallest absolute Gasteiger partial charge is 0.238 e. The molecule has 1 aromatic heterocycles. The van der Waals surface area contributed by atoms with Gasteiger partial charge in [0.25, 0.3) is 0 Å². The van der Waals surface area contributed by atoms with Gasteiger partial charge in [0, 0.05) is 16.7 Å². The molecule has 3 aromatic carbocycles. The summed E-state index contributed by atoms with van der Waals surface area (Å²) < 4.78 is 5.96. The van der Waals surface area contributed by atoms with Crippen LogP contribution in [0.2, 0.25) is 0 Å². The third kappa shape index (κ3) is 2.93. The number of ether oxygens (including phenoxy) is 1. The molecule has 1 aliphatic rings. The molecular weight excluding hydrogens is 370 g/mol. The van der Waals surface area contributed by atoms with Crippen LogP contribution in [0.15, 0.2) is 78.9 Å². The molecule has 0 aliphatic carbocycles. The zero-order valence-corrected chi connectivity index (χ0v) is 15.5. The number of aromatic nitrogens is 2. The molecule has 0 saturated heterocycles. The second-order valence-electron chi connectivity index (χ2n) is 6.38. The lowest BCUT2D eigenvalue weighted by Gasteiger charge is -2.27. The van der Waals surface area contributed by atoms with E-state index in [9.17, 15) is 4.79 Å². The summed E-state index contributed by atoms with van der Waals surface area (Å²) in [7, 11) is 0. The lowest BCUT2D eigenvalue weighted by molar-refractivity contribution is -0.116. The van der Waals surface area contributed by atoms with Crippen LogP contribution in [0.3, 0.4) is 0 Å². The number of benzene rings is 3. The molecule has 5 nitrogen and oxygen atoms in total. The van der Waals surface area contributed by atoms with E-state index in [4.69, 9.17) is 4.74 Å². The SMILES string of the molecule is O=C(Nc1nnc(-c2ccccc2)s1)C1c2ccccc2Oc2ccccc21. The van der Waals surface area contributed by atoms with E-state index in [-0.39, 0.29) is 5.91 Å². The normalized spacial score (nSPS) is 12.6. The summed E-state index contributed by atoms with van der Waals surface area (Å²) in [5.41, 5.74) is 2.65. The van der Waals surface area contributed by atoms with Gasteiger partial charge in [-0.15, -0.1) is 10.2 Å². The van der Waals surface area contributed by atoms with Gasteiger partial charge in [0.15, 0.2) is 0 Å². The molecule has 0 atom stereocenters. The van der Waals surface area contributed by atoms with Gasteiger partial charge in [-0.05, 0) is 12.1 Å². The molecule has 136 valence electrons. The molecule has 0 fully saturated rings. The van der Waals surface area contributed by atoms with Crippen LogP contribution < -0.4 is 10.1 Å². The van der Waals surface area contributed by atoms with E-state index in [1.807, 2.05) is 78.9 Å². The fraction of sp³-hybridized carbons (Fsp3) is 0.0455. The maximum atomic E-state index is 13.2. The fourth-order valence-corrected chi connectivity index (χ4v) is 4.09. The Morgan fingerprint density at radius 2 is 1.43 bits per heavy atom. The summed E-state index contributed by atoms with van der Waals surface area (Å²) in [6.45, 7) is 0. The van der Waals surface area contributed by atoms with Gasteiger partial charge < -0.3 is 4.74 Å². The first kappa shape index (κ1) is 16.6. The summed E-state index contributed by atoms with van der Waals surface area (Å²) in [6.07, 6.45) is 0. The standard InChI is InChI=1S/C22H15N3O2S/c26-20(23-22-25-24-21(28-22)14-8-2-1-3-9-14)19-15-10-4-6-12-17(15)27-18-13-7-5-11-16(18)19/h1-13,19H,(H,23,25,26). The molecule has 28 heavy (non-hydrogen) atoms. The van der Waals surface area contributed by atoms with Crippen molar-refractivity contribution in [2.75, 3.05) is 5.32 Å². The van der Waals surface area contributed by atoms with Crippen LogP contribution in [-0.4, -0.2) is 16.1 Å². The minimum absolute atomic E-state index is 0.154. The molecule has 4 aromatic rings. The first-order valence-corrected chi connectivity index (χ1v) is 9.67. The Kier molecular flexibility index (Phi) is 4.10. The molecular formula is C22H15N3O2S. The summed E-state index contributed by atoms with van der Waals surface area (Å²) in [4.78, 5) is 13.2. The van der Waals surface area contributed by atoms with Crippen LogP contribution >= 0.6 is 11.3 Å². The quantitative estimate of drug-likeness (QED) is 0.534. The van der Waals surface area contributed by atoms with Crippen LogP contribution in [0, 0.1) is 0 Å². The zero-order valence-electron chi connectivity index (χ0n) is 14.7. The molecule has 5 rings (SSSR count). The lowest BCUT2D eigenvalue weighted by Crippen LogP contribution is -2.25. The second-order valence-corrected chi connectivity index (χ2v) is 7.36. The number of rotatable bonds is 3. The van der Waals surface area contributed by atoms with Gasteiger partial charge in [-0.3, -0.25) is 10.1 Å². The van der Waals surface area contributed by atoms with Crippen LogP contribution in [-0.2, 0) is 4.79 Å². The molecule has 1 N–H and O–H groups in total. The van der Waals surface area contributed by atoms with Crippen molar-refractivity contribution in [3.63, 3.8) is 0 Å². The Morgan fingerprint density at radius 3 is 2.11 bits per heavy atom. The minimum atomic E-state index is -0.467. The summed E-state index contributed by atoms with van der Waals surface area (Å²) in [5.74, 6) is 0.774. The highest BCUT2D eigenvalue weighted by atomic mass is 32.1. The molecule has 1 amide bonds. The van der Waals surface area contributed by atoms with Crippen molar-refractivity contribution >= 4 is 22.4 Å². The van der Waals surface area contributed by atoms with Gasteiger partial charge in [0.1, 0.15) is 16.5 Å². The van der Waals surface area contributed by atoms with Crippen LogP contribution in [0.5, 0.6) is 11.5 Å². The van der Waals surface area contributed by atoms with Crippen LogP contribution in [0.25, 0.3) is 10.6 Å². The van der Waals surface area contributed by atoms with Gasteiger partial charge in [0.05, 0.1) is 5.92 Å². The molecule has 0 unspecified atom stereocenters. The van der Waals surface area contributed by atoms with Crippen molar-refractivity contribution in [3.8, 4) is 22.1 Å². The minimum Gasteiger partial charge on any atom is -0.457 e. The number of anilines is 1. The summed E-state index contributed by atoms with van der Waals surface area (Å²) in [5, 5.41) is 12.5. The van der Waals surface area contributed by atoms with Gasteiger partial charge in [-0.25, -0.2) is 0 Å². The summed E-state index contributed by atoms with van der Waals surface area (Å²) >= 11 is 1.36. The number of carbonyl (C=O) groups is 1. The van der Waals surface area contributed by atoms with E-state index in [1.54, 1.807) is 0 Å². The first-order valence-electron chi connectivity index (χ1n) is 8.85. The van der Waals surface area contributed by atoms with Gasteiger partial charge in [-0.1, -0.05) is 78.1 Å². The predicted molar refractivity (Wildman–Crippen MR) is 109 cm³/mol. The molecule has 0 radical (unpaired) electrons. The number of nitrogens with zero attached hydrogens (tertiary/aromatic N) is 2. The Bertz CT molecular complexity index is 1110. The van der Waals surface area contributed by atoms with Crippen molar-refractivity contribution in [1.29, 1.82) is 0 Å². The maximum absolute atomic E-state index is 13.2. The third-order valence-corrected chi connectivity index (χ3v) is 5.51. The zero-order chi connectivity index (χ0) is 18.9. The number of carbonyl (C=O) groups excluding carboxylic acids is 1. The van der Waals surface area contributed by atoms with E-state index in [0.717, 1.165) is 21.7 Å². The van der Waals surface area contributed by atoms with Crippen molar-refractivity contribution in [1.82, 2.24) is 10.2 Å². The first-order chi connectivity index (χ1) is 13.8. The van der Waals surface area contributed by atoms with Gasteiger partial charge in [0.2, 0.25) is 11.0 Å². The number of amides is 1. The van der Waals surface area contributed by atoms with E-state index in [2.05, 4.69) is 15.5 Å². The van der Waals surface area contributed by atoms with E-state index >= 15 is 0 Å². The highest BCUT2D eigenvalue weighted by Gasteiger charge is 2.32. The van der Waals surface area contributed by atoms with E-state index < -0.39 is 5.92 Å². The maximum Gasteiger partial charge on any atom is 0.238 e. The molecule has 2 heterocycles. The van der Waals surface area contributed by atoms with Crippen molar-refractivity contribution in [2.24, 2.45) is 0 Å². The topological polar surface area (TPSA) is 64.1 Å². The molecule has 0 saturated carbocycles. The Morgan fingerprint density at radius 1 is 0.821 bits per heavy atom. The lowest BCUT2D eigenvalue weighted by atomic mass is 9.87. The second kappa shape index (κ2) is 6.90. The number of nitrogens with one attached hydrogen (secondary N) is 1. The number of hydrogen-bond acceptors (Lipinski definition) is 5. The Balaban J connectivity index is 1.47. The molecule has 1 aliphatic heterocycles. The highest BCUT2D eigenvalue weighted by Crippen LogP contribution is 2.44. The number of hydrogen-bond donors (Lipinski definition) is 1. The average molecular weight is 385 g/mol. The Hall–Kier alpha value is -3.51. The summed E-state index contributed by atoms with van der Waals surface area (Å²) in [6, 6.07) is 25.0. The third-order valence-electron chi connectivity index (χ3n) is 4.62. The predicted octanol–water partition coefficient (Wildman–Crippen LogP) is 5.08. The Labute approximate surface area is 165 Å². The molecule has 0 spiro atoms. The van der Waals surface area contributed by atoms with E-state index in [1.165, 1.54) is 11.3 Å². The fourth-order valence-electron chi connectivity index (χ4n) is 3.34. The molecule has 6 heteroatoms. The number of para-hydroxylation sites is 2. The highest BCUT2D eigenvalue weighted by molar-refractivity contribution is 7.18. The van der Waals surface area contributed by atoms with Gasteiger partial charge >= 0.3 is 0 Å². The van der Waals surface area contributed by atoms with Crippen LogP contribution in [0.4, 0.5) is 5.13 Å². The van der Waals surface area contributed by atoms with Crippen molar-refractivity contribution < 1.29 is 9.53 Å². The van der Waals surface area contributed by atoms with Gasteiger partial charge in [-0.2, -0.15) is 0 Å². The monoisotopic (exact) mass is 385 g/mol. The van der Waals surface area contributed by atoms with Crippen molar-refractivity contribution in [2.45, 2.75) is 5.92 Å². The van der Waals surface area contributed by atoms with Crippen molar-refractivity contribution in [3.05, 3.63) is 90.0 Å². The van der Waals surface area contributed by atoms with Crippen LogP contribution in [0.1, 0.15) is 17.0 Å². The largest absolute Gasteiger partial charge is 0.457 e.